The first-order chi connectivity index (χ1) is 23.5. The molecule has 49 heavy (non-hydrogen) atoms. The average molecular weight is 683 g/mol. The van der Waals surface area contributed by atoms with Crippen LogP contribution in [0.5, 0.6) is 0 Å². The van der Waals surface area contributed by atoms with Crippen LogP contribution in [0.15, 0.2) is 42.9 Å². The van der Waals surface area contributed by atoms with Gasteiger partial charge in [-0.25, -0.2) is 9.78 Å². The number of aliphatic hydroxyl groups is 2. The quantitative estimate of drug-likeness (QED) is 0.181. The van der Waals surface area contributed by atoms with Crippen molar-refractivity contribution in [3.63, 3.8) is 0 Å². The van der Waals surface area contributed by atoms with Crippen LogP contribution in [0.1, 0.15) is 82.9 Å². The van der Waals surface area contributed by atoms with Crippen molar-refractivity contribution in [3.05, 3.63) is 54.1 Å². The van der Waals surface area contributed by atoms with Crippen LogP contribution in [0, 0.1) is 11.8 Å². The maximum Gasteiger partial charge on any atom is 0.318 e. The summed E-state index contributed by atoms with van der Waals surface area (Å²) in [7, 11) is 3.26. The van der Waals surface area contributed by atoms with Crippen molar-refractivity contribution in [1.82, 2.24) is 30.4 Å². The number of likely N-dealkylation sites (tertiary alicyclic amines) is 1. The van der Waals surface area contributed by atoms with Gasteiger partial charge >= 0.3 is 6.03 Å². The number of likely N-dealkylation sites (N-methyl/N-ethyl adjacent to an activating group) is 1. The fraction of sp³-hybridized carbons (Fsp3) is 0.676. The van der Waals surface area contributed by atoms with Gasteiger partial charge in [0, 0.05) is 58.4 Å². The van der Waals surface area contributed by atoms with Crippen molar-refractivity contribution in [3.8, 4) is 0 Å². The molecule has 0 radical (unpaired) electrons. The maximum absolute atomic E-state index is 14.4. The van der Waals surface area contributed by atoms with Crippen LogP contribution < -0.4 is 10.6 Å². The molecule has 5 N–H and O–H groups in total. The Morgan fingerprint density at radius 2 is 1.69 bits per heavy atom. The lowest BCUT2D eigenvalue weighted by Crippen LogP contribution is -2.59. The third-order valence-corrected chi connectivity index (χ3v) is 10.4. The smallest absolute Gasteiger partial charge is 0.318 e. The number of imidazole rings is 1. The molecule has 4 rings (SSSR count). The third-order valence-electron chi connectivity index (χ3n) is 10.4. The summed E-state index contributed by atoms with van der Waals surface area (Å²) >= 11 is 0. The maximum atomic E-state index is 14.4. The number of hydrogen-bond donors (Lipinski definition) is 5. The molecule has 5 atom stereocenters. The zero-order valence-corrected chi connectivity index (χ0v) is 29.7. The molecule has 0 unspecified atom stereocenters. The Kier molecular flexibility index (Phi) is 14.9. The highest BCUT2D eigenvalue weighted by Gasteiger charge is 2.36. The summed E-state index contributed by atoms with van der Waals surface area (Å²) < 4.78 is 5.46. The van der Waals surface area contributed by atoms with Gasteiger partial charge in [-0.05, 0) is 36.7 Å². The number of urea groups is 1. The molecule has 2 heterocycles. The van der Waals surface area contributed by atoms with E-state index in [1.807, 2.05) is 44.2 Å². The van der Waals surface area contributed by atoms with Crippen molar-refractivity contribution in [2.45, 2.75) is 121 Å². The second-order valence-corrected chi connectivity index (χ2v) is 14.3. The van der Waals surface area contributed by atoms with Crippen molar-refractivity contribution in [1.29, 1.82) is 0 Å². The summed E-state index contributed by atoms with van der Waals surface area (Å²) in [6.07, 6.45) is 9.66. The van der Waals surface area contributed by atoms with Crippen LogP contribution in [0.2, 0.25) is 0 Å². The molecule has 12 heteroatoms. The number of H-pyrrole nitrogens is 1. The Morgan fingerprint density at radius 1 is 1.00 bits per heavy atom. The number of hydrogen-bond acceptors (Lipinski definition) is 7. The van der Waals surface area contributed by atoms with E-state index in [1.165, 1.54) is 17.6 Å². The number of rotatable bonds is 16. The van der Waals surface area contributed by atoms with Crippen LogP contribution in [-0.4, -0.2) is 112 Å². The van der Waals surface area contributed by atoms with Crippen LogP contribution in [0.25, 0.3) is 0 Å². The van der Waals surface area contributed by atoms with Crippen molar-refractivity contribution < 1.29 is 29.3 Å². The molecular weight excluding hydrogens is 624 g/mol. The first-order valence-corrected chi connectivity index (χ1v) is 18.1. The summed E-state index contributed by atoms with van der Waals surface area (Å²) in [5, 5.41) is 28.1. The number of ether oxygens (including phenoxy) is 1. The molecule has 12 nitrogen and oxygen atoms in total. The number of carbonyl (C=O) groups excluding carboxylic acids is 3. The lowest BCUT2D eigenvalue weighted by molar-refractivity contribution is -0.141. The van der Waals surface area contributed by atoms with Crippen molar-refractivity contribution >= 4 is 17.8 Å². The average Bonchev–Trinajstić information content (AvgIpc) is 3.63. The standard InChI is InChI=1S/C37H58N6O6/c1-25(2)33(44)22-34(45)30(19-26-11-7-5-8-12-26)40-35(46)32(21-28-23-38-24-39-28)42(3)36(47)31(20-27-13-9-6-10-14-27)41-37(48)43-17-15-29(49-4)16-18-43/h6,9-10,13-14,23-26,29-34,44-45H,5,7-8,11-12,15-22H2,1-4H3,(H,38,39)(H,40,46)(H,41,48)/t30-,31-,32-,33-,34-/m0/s1. The van der Waals surface area contributed by atoms with E-state index in [2.05, 4.69) is 20.6 Å². The first-order valence-electron chi connectivity index (χ1n) is 18.1. The molecular formula is C37H58N6O6. The number of carbonyl (C=O) groups is 3. The fourth-order valence-electron chi connectivity index (χ4n) is 7.05. The predicted molar refractivity (Wildman–Crippen MR) is 188 cm³/mol. The van der Waals surface area contributed by atoms with Gasteiger partial charge in [0.1, 0.15) is 12.1 Å². The Hall–Kier alpha value is -3.48. The topological polar surface area (TPSA) is 160 Å². The van der Waals surface area contributed by atoms with Crippen LogP contribution >= 0.6 is 0 Å². The van der Waals surface area contributed by atoms with Crippen molar-refractivity contribution in [2.24, 2.45) is 11.8 Å². The number of nitrogens with zero attached hydrogens (tertiary/aromatic N) is 3. The number of amides is 4. The second kappa shape index (κ2) is 19.1. The van der Waals surface area contributed by atoms with Gasteiger partial charge in [0.15, 0.2) is 0 Å². The highest BCUT2D eigenvalue weighted by molar-refractivity contribution is 5.92. The number of aliphatic hydroxyl groups excluding tert-OH is 2. The Bertz CT molecular complexity index is 1280. The van der Waals surface area contributed by atoms with Gasteiger partial charge in [-0.3, -0.25) is 9.59 Å². The summed E-state index contributed by atoms with van der Waals surface area (Å²) in [5.74, 6) is -0.491. The molecule has 0 spiro atoms. The van der Waals surface area contributed by atoms with Gasteiger partial charge in [0.25, 0.3) is 0 Å². The first kappa shape index (κ1) is 38.3. The zero-order chi connectivity index (χ0) is 35.3. The van der Waals surface area contributed by atoms with Crippen LogP contribution in [0.4, 0.5) is 4.79 Å². The fourth-order valence-corrected chi connectivity index (χ4v) is 7.05. The second-order valence-electron chi connectivity index (χ2n) is 14.3. The minimum atomic E-state index is -0.961. The van der Waals surface area contributed by atoms with E-state index >= 15 is 0 Å². The van der Waals surface area contributed by atoms with Gasteiger partial charge < -0.3 is 40.4 Å². The lowest BCUT2D eigenvalue weighted by Gasteiger charge is -2.36. The van der Waals surface area contributed by atoms with E-state index in [1.54, 1.807) is 25.3 Å². The zero-order valence-electron chi connectivity index (χ0n) is 29.7. The molecule has 4 amide bonds. The molecule has 0 bridgehead atoms. The normalized spacial score (nSPS) is 19.1. The largest absolute Gasteiger partial charge is 0.393 e. The van der Waals surface area contributed by atoms with Crippen LogP contribution in [-0.2, 0) is 27.2 Å². The Labute approximate surface area is 291 Å². The van der Waals surface area contributed by atoms with Crippen molar-refractivity contribution in [2.75, 3.05) is 27.2 Å². The molecule has 1 saturated carbocycles. The highest BCUT2D eigenvalue weighted by Crippen LogP contribution is 2.29. The minimum absolute atomic E-state index is 0.0411. The molecule has 1 aliphatic carbocycles. The summed E-state index contributed by atoms with van der Waals surface area (Å²) in [6, 6.07) is 6.69. The molecule has 2 aliphatic rings. The molecule has 1 aliphatic heterocycles. The molecule has 2 aromatic rings. The Morgan fingerprint density at radius 3 is 2.31 bits per heavy atom. The molecule has 2 fully saturated rings. The summed E-state index contributed by atoms with van der Waals surface area (Å²) in [4.78, 5) is 52.4. The number of aromatic nitrogens is 2. The van der Waals surface area contributed by atoms with Gasteiger partial charge in [0.2, 0.25) is 11.8 Å². The monoisotopic (exact) mass is 682 g/mol. The van der Waals surface area contributed by atoms with Gasteiger partial charge in [-0.15, -0.1) is 0 Å². The lowest BCUT2D eigenvalue weighted by atomic mass is 9.82. The molecule has 1 aromatic carbocycles. The summed E-state index contributed by atoms with van der Waals surface area (Å²) in [6.45, 7) is 4.85. The number of nitrogens with one attached hydrogen (secondary N) is 3. The summed E-state index contributed by atoms with van der Waals surface area (Å²) in [5.41, 5.74) is 1.55. The van der Waals surface area contributed by atoms with E-state index in [9.17, 15) is 24.6 Å². The SMILES string of the molecule is COC1CCN(C(=O)N[C@@H](Cc2ccccc2)C(=O)N(C)[C@@H](Cc2cnc[nH]2)C(=O)N[C@@H](CC2CCCCC2)[C@@H](O)C[C@H](O)C(C)C)CC1. The van der Waals surface area contributed by atoms with E-state index in [0.29, 0.717) is 31.1 Å². The number of piperidine rings is 1. The predicted octanol–water partition coefficient (Wildman–Crippen LogP) is 3.43. The van der Waals surface area contributed by atoms with Gasteiger partial charge in [-0.2, -0.15) is 0 Å². The minimum Gasteiger partial charge on any atom is -0.393 e. The highest BCUT2D eigenvalue weighted by atomic mass is 16.5. The molecule has 1 aromatic heterocycles. The van der Waals surface area contributed by atoms with E-state index < -0.39 is 42.1 Å². The van der Waals surface area contributed by atoms with E-state index in [0.717, 1.165) is 44.1 Å². The van der Waals surface area contributed by atoms with E-state index in [-0.39, 0.29) is 37.3 Å². The van der Waals surface area contributed by atoms with Gasteiger partial charge in [0.05, 0.1) is 30.7 Å². The van der Waals surface area contributed by atoms with E-state index in [4.69, 9.17) is 4.74 Å². The number of benzene rings is 1. The van der Waals surface area contributed by atoms with Gasteiger partial charge in [-0.1, -0.05) is 76.3 Å². The van der Waals surface area contributed by atoms with Crippen LogP contribution in [0.3, 0.4) is 0 Å². The Balaban J connectivity index is 1.56. The number of methoxy groups -OCH3 is 1. The molecule has 272 valence electrons. The third kappa shape index (κ3) is 11.5. The number of aromatic amines is 1. The molecule has 1 saturated heterocycles.